The number of benzene rings is 1. The summed E-state index contributed by atoms with van der Waals surface area (Å²) in [7, 11) is 0. The summed E-state index contributed by atoms with van der Waals surface area (Å²) in [6.07, 6.45) is 0. The first kappa shape index (κ1) is 14.0. The summed E-state index contributed by atoms with van der Waals surface area (Å²) in [5.74, 6) is -0.580. The standard InChI is InChI=1S/C13H17NO4/c1-3-14(4-2)12(15)9-18-11-7-5-10(6-8-11)13(16)17/h5-8H,3-4,9H2,1-2H3,(H,16,17). The van der Waals surface area contributed by atoms with E-state index >= 15 is 0 Å². The summed E-state index contributed by atoms with van der Waals surface area (Å²) in [6, 6.07) is 5.97. The Bertz CT molecular complexity index is 410. The molecule has 0 unspecified atom stereocenters. The Hall–Kier alpha value is -2.04. The van der Waals surface area contributed by atoms with Gasteiger partial charge in [0.25, 0.3) is 5.91 Å². The maximum absolute atomic E-state index is 11.7. The second kappa shape index (κ2) is 6.64. The molecule has 0 fully saturated rings. The van der Waals surface area contributed by atoms with Gasteiger partial charge in [-0.3, -0.25) is 4.79 Å². The number of amides is 1. The molecule has 0 aliphatic carbocycles. The van der Waals surface area contributed by atoms with Crippen molar-refractivity contribution in [2.45, 2.75) is 13.8 Å². The lowest BCUT2D eigenvalue weighted by atomic mass is 10.2. The number of carboxylic acid groups (broad SMARTS) is 1. The lowest BCUT2D eigenvalue weighted by Crippen LogP contribution is -2.34. The van der Waals surface area contributed by atoms with Crippen LogP contribution in [0.15, 0.2) is 24.3 Å². The Morgan fingerprint density at radius 1 is 1.17 bits per heavy atom. The van der Waals surface area contributed by atoms with Crippen molar-refractivity contribution < 1.29 is 19.4 Å². The van der Waals surface area contributed by atoms with Gasteiger partial charge in [0.15, 0.2) is 6.61 Å². The SMILES string of the molecule is CCN(CC)C(=O)COc1ccc(C(=O)O)cc1. The number of hydrogen-bond donors (Lipinski definition) is 1. The predicted molar refractivity (Wildman–Crippen MR) is 66.8 cm³/mol. The fraction of sp³-hybridized carbons (Fsp3) is 0.385. The lowest BCUT2D eigenvalue weighted by molar-refractivity contribution is -0.132. The van der Waals surface area contributed by atoms with Crippen molar-refractivity contribution in [3.8, 4) is 5.75 Å². The number of ether oxygens (including phenoxy) is 1. The summed E-state index contributed by atoms with van der Waals surface area (Å²) >= 11 is 0. The van der Waals surface area contributed by atoms with E-state index in [4.69, 9.17) is 9.84 Å². The van der Waals surface area contributed by atoms with Crippen LogP contribution < -0.4 is 4.74 Å². The minimum atomic E-state index is -0.985. The third-order valence-corrected chi connectivity index (χ3v) is 2.58. The Balaban J connectivity index is 2.53. The van der Waals surface area contributed by atoms with Crippen molar-refractivity contribution in [2.24, 2.45) is 0 Å². The van der Waals surface area contributed by atoms with E-state index in [0.717, 1.165) is 0 Å². The highest BCUT2D eigenvalue weighted by Crippen LogP contribution is 2.12. The van der Waals surface area contributed by atoms with Crippen LogP contribution in [0.5, 0.6) is 5.75 Å². The summed E-state index contributed by atoms with van der Waals surface area (Å²) in [5.41, 5.74) is 0.192. The van der Waals surface area contributed by atoms with Gasteiger partial charge in [-0.1, -0.05) is 0 Å². The Kier molecular flexibility index (Phi) is 5.17. The minimum absolute atomic E-state index is 0.0336. The molecule has 0 saturated carbocycles. The molecule has 1 amide bonds. The molecule has 0 heterocycles. The molecule has 1 aromatic rings. The molecule has 0 atom stereocenters. The van der Waals surface area contributed by atoms with Gasteiger partial charge < -0.3 is 14.7 Å². The largest absolute Gasteiger partial charge is 0.484 e. The topological polar surface area (TPSA) is 66.8 Å². The third kappa shape index (κ3) is 3.76. The fourth-order valence-electron chi connectivity index (χ4n) is 1.51. The van der Waals surface area contributed by atoms with Crippen LogP contribution in [0.4, 0.5) is 0 Å². The van der Waals surface area contributed by atoms with Gasteiger partial charge in [0.1, 0.15) is 5.75 Å². The molecule has 5 nitrogen and oxygen atoms in total. The molecule has 0 radical (unpaired) electrons. The molecular weight excluding hydrogens is 234 g/mol. The molecule has 0 aliphatic rings. The van der Waals surface area contributed by atoms with Gasteiger partial charge in [-0.15, -0.1) is 0 Å². The molecule has 98 valence electrons. The number of hydrogen-bond acceptors (Lipinski definition) is 3. The van der Waals surface area contributed by atoms with Gasteiger partial charge in [-0.2, -0.15) is 0 Å². The van der Waals surface area contributed by atoms with E-state index in [1.165, 1.54) is 12.1 Å². The number of carbonyl (C=O) groups excluding carboxylic acids is 1. The normalized spacial score (nSPS) is 9.89. The average Bonchev–Trinajstić information content (AvgIpc) is 2.38. The summed E-state index contributed by atoms with van der Waals surface area (Å²) < 4.78 is 5.30. The van der Waals surface area contributed by atoms with Gasteiger partial charge >= 0.3 is 5.97 Å². The van der Waals surface area contributed by atoms with Crippen LogP contribution in [0, 0.1) is 0 Å². The summed E-state index contributed by atoms with van der Waals surface area (Å²) in [4.78, 5) is 24.0. The van der Waals surface area contributed by atoms with Crippen molar-refractivity contribution in [1.82, 2.24) is 4.90 Å². The van der Waals surface area contributed by atoms with E-state index in [-0.39, 0.29) is 18.1 Å². The zero-order valence-electron chi connectivity index (χ0n) is 10.5. The average molecular weight is 251 g/mol. The van der Waals surface area contributed by atoms with Crippen LogP contribution in [-0.4, -0.2) is 41.6 Å². The number of rotatable bonds is 6. The molecule has 0 spiro atoms. The third-order valence-electron chi connectivity index (χ3n) is 2.58. The molecular formula is C13H17NO4. The van der Waals surface area contributed by atoms with Crippen molar-refractivity contribution in [3.05, 3.63) is 29.8 Å². The van der Waals surface area contributed by atoms with E-state index in [2.05, 4.69) is 0 Å². The molecule has 1 N–H and O–H groups in total. The predicted octanol–water partition coefficient (Wildman–Crippen LogP) is 1.63. The smallest absolute Gasteiger partial charge is 0.335 e. The maximum Gasteiger partial charge on any atom is 0.335 e. The number of aromatic carboxylic acids is 1. The summed E-state index contributed by atoms with van der Waals surface area (Å²) in [5, 5.41) is 8.73. The van der Waals surface area contributed by atoms with Crippen LogP contribution in [-0.2, 0) is 4.79 Å². The van der Waals surface area contributed by atoms with Crippen LogP contribution in [0.3, 0.4) is 0 Å². The van der Waals surface area contributed by atoms with Crippen LogP contribution in [0.1, 0.15) is 24.2 Å². The monoisotopic (exact) mass is 251 g/mol. The Morgan fingerprint density at radius 2 is 1.72 bits per heavy atom. The molecule has 0 saturated heterocycles. The Labute approximate surface area is 106 Å². The first-order valence-electron chi connectivity index (χ1n) is 5.82. The number of carbonyl (C=O) groups is 2. The minimum Gasteiger partial charge on any atom is -0.484 e. The highest BCUT2D eigenvalue weighted by atomic mass is 16.5. The quantitative estimate of drug-likeness (QED) is 0.834. The maximum atomic E-state index is 11.7. The lowest BCUT2D eigenvalue weighted by Gasteiger charge is -2.18. The van der Waals surface area contributed by atoms with Crippen LogP contribution in [0.25, 0.3) is 0 Å². The molecule has 5 heteroatoms. The second-order valence-electron chi connectivity index (χ2n) is 3.68. The van der Waals surface area contributed by atoms with Gasteiger partial charge in [0.05, 0.1) is 5.56 Å². The molecule has 18 heavy (non-hydrogen) atoms. The zero-order valence-corrected chi connectivity index (χ0v) is 10.5. The van der Waals surface area contributed by atoms with Gasteiger partial charge in [-0.25, -0.2) is 4.79 Å². The highest BCUT2D eigenvalue weighted by molar-refractivity contribution is 5.87. The summed E-state index contributed by atoms with van der Waals surface area (Å²) in [6.45, 7) is 5.08. The first-order chi connectivity index (χ1) is 8.58. The van der Waals surface area contributed by atoms with E-state index in [1.54, 1.807) is 17.0 Å². The van der Waals surface area contributed by atoms with E-state index in [9.17, 15) is 9.59 Å². The van der Waals surface area contributed by atoms with Crippen molar-refractivity contribution in [3.63, 3.8) is 0 Å². The number of likely N-dealkylation sites (N-methyl/N-ethyl adjacent to an activating group) is 1. The van der Waals surface area contributed by atoms with Crippen LogP contribution in [0.2, 0.25) is 0 Å². The zero-order chi connectivity index (χ0) is 13.5. The van der Waals surface area contributed by atoms with Gasteiger partial charge in [0, 0.05) is 13.1 Å². The van der Waals surface area contributed by atoms with E-state index in [0.29, 0.717) is 18.8 Å². The van der Waals surface area contributed by atoms with Crippen molar-refractivity contribution >= 4 is 11.9 Å². The van der Waals surface area contributed by atoms with Crippen molar-refractivity contribution in [2.75, 3.05) is 19.7 Å². The number of carboxylic acids is 1. The molecule has 0 aromatic heterocycles. The first-order valence-corrected chi connectivity index (χ1v) is 5.82. The highest BCUT2D eigenvalue weighted by Gasteiger charge is 2.10. The molecule has 1 rings (SSSR count). The second-order valence-corrected chi connectivity index (χ2v) is 3.68. The molecule has 1 aromatic carbocycles. The van der Waals surface area contributed by atoms with Crippen LogP contribution >= 0.6 is 0 Å². The van der Waals surface area contributed by atoms with E-state index in [1.807, 2.05) is 13.8 Å². The molecule has 0 aliphatic heterocycles. The number of nitrogens with zero attached hydrogens (tertiary/aromatic N) is 1. The van der Waals surface area contributed by atoms with Crippen molar-refractivity contribution in [1.29, 1.82) is 0 Å². The molecule has 0 bridgehead atoms. The fourth-order valence-corrected chi connectivity index (χ4v) is 1.51. The van der Waals surface area contributed by atoms with Gasteiger partial charge in [0.2, 0.25) is 0 Å². The van der Waals surface area contributed by atoms with E-state index < -0.39 is 5.97 Å². The van der Waals surface area contributed by atoms with Gasteiger partial charge in [-0.05, 0) is 38.1 Å². The Morgan fingerprint density at radius 3 is 2.17 bits per heavy atom.